The molecule has 4 aromatic rings. The zero-order valence-electron chi connectivity index (χ0n) is 13.2. The molecule has 2 aromatic heterocycles. The number of fused-ring (bicyclic) bond motifs is 2. The Morgan fingerprint density at radius 3 is 1.46 bits per heavy atom. The Balaban J connectivity index is 1.81. The Morgan fingerprint density at radius 1 is 0.708 bits per heavy atom. The second-order valence-corrected chi connectivity index (χ2v) is 5.62. The van der Waals surface area contributed by atoms with Gasteiger partial charge in [0.15, 0.2) is 11.6 Å². The molecule has 6 heteroatoms. The van der Waals surface area contributed by atoms with Gasteiger partial charge in [-0.15, -0.1) is 0 Å². The Kier molecular flexibility index (Phi) is 3.06. The first-order valence-corrected chi connectivity index (χ1v) is 7.50. The van der Waals surface area contributed by atoms with E-state index < -0.39 is 11.6 Å². The number of carbonyl (C=O) groups is 2. The lowest BCUT2D eigenvalue weighted by Gasteiger charge is -2.02. The minimum Gasteiger partial charge on any atom is -0.324 e. The molecule has 0 aliphatic heterocycles. The summed E-state index contributed by atoms with van der Waals surface area (Å²) >= 11 is 0. The number of ketones is 2. The standard InChI is InChI=1S/C18H14N4O2/c1-21-13-9-5-3-7-11(13)19-17(21)15(23)16(24)18-20-12-8-4-6-10-14(12)22(18)2/h3-10H,1-2H3. The van der Waals surface area contributed by atoms with E-state index in [9.17, 15) is 9.59 Å². The molecule has 0 bridgehead atoms. The smallest absolute Gasteiger partial charge is 0.272 e. The lowest BCUT2D eigenvalue weighted by atomic mass is 10.2. The summed E-state index contributed by atoms with van der Waals surface area (Å²) in [5.74, 6) is -1.08. The molecule has 0 aliphatic carbocycles. The van der Waals surface area contributed by atoms with Gasteiger partial charge in [0.05, 0.1) is 22.1 Å². The molecule has 118 valence electrons. The van der Waals surface area contributed by atoms with Crippen LogP contribution in [0.5, 0.6) is 0 Å². The first-order valence-electron chi connectivity index (χ1n) is 7.50. The van der Waals surface area contributed by atoms with Crippen molar-refractivity contribution in [3.63, 3.8) is 0 Å². The fourth-order valence-electron chi connectivity index (χ4n) is 2.90. The number of rotatable bonds is 3. The van der Waals surface area contributed by atoms with E-state index in [1.165, 1.54) is 0 Å². The first kappa shape index (κ1) is 14.3. The fraction of sp³-hybridized carbons (Fsp3) is 0.111. The van der Waals surface area contributed by atoms with Gasteiger partial charge >= 0.3 is 0 Å². The van der Waals surface area contributed by atoms with Gasteiger partial charge in [-0.05, 0) is 24.3 Å². The monoisotopic (exact) mass is 318 g/mol. The quantitative estimate of drug-likeness (QED) is 0.430. The molecular weight excluding hydrogens is 304 g/mol. The highest BCUT2D eigenvalue weighted by Crippen LogP contribution is 2.18. The van der Waals surface area contributed by atoms with E-state index in [0.717, 1.165) is 11.0 Å². The molecule has 0 aliphatic rings. The third-order valence-electron chi connectivity index (χ3n) is 4.19. The number of aromatic nitrogens is 4. The van der Waals surface area contributed by atoms with Crippen molar-refractivity contribution in [1.82, 2.24) is 19.1 Å². The molecule has 0 spiro atoms. The second-order valence-electron chi connectivity index (χ2n) is 5.62. The summed E-state index contributed by atoms with van der Waals surface area (Å²) in [5, 5.41) is 0. The minimum atomic E-state index is -0.660. The van der Waals surface area contributed by atoms with Gasteiger partial charge in [-0.1, -0.05) is 24.3 Å². The number of nitrogens with zero attached hydrogens (tertiary/aromatic N) is 4. The maximum absolute atomic E-state index is 12.7. The first-order chi connectivity index (χ1) is 11.6. The summed E-state index contributed by atoms with van der Waals surface area (Å²) in [5.41, 5.74) is 2.97. The van der Waals surface area contributed by atoms with Gasteiger partial charge in [0, 0.05) is 14.1 Å². The molecule has 0 amide bonds. The minimum absolute atomic E-state index is 0.119. The van der Waals surface area contributed by atoms with E-state index in [1.807, 2.05) is 48.5 Å². The maximum Gasteiger partial charge on any atom is 0.272 e. The molecule has 0 radical (unpaired) electrons. The van der Waals surface area contributed by atoms with E-state index in [2.05, 4.69) is 9.97 Å². The van der Waals surface area contributed by atoms with Crippen LogP contribution in [0, 0.1) is 0 Å². The number of aryl methyl sites for hydroxylation is 2. The predicted octanol–water partition coefficient (Wildman–Crippen LogP) is 2.53. The highest BCUT2D eigenvalue weighted by Gasteiger charge is 2.27. The number of benzene rings is 2. The summed E-state index contributed by atoms with van der Waals surface area (Å²) in [4.78, 5) is 34.0. The number of carbonyl (C=O) groups excluding carboxylic acids is 2. The zero-order valence-corrected chi connectivity index (χ0v) is 13.2. The molecule has 0 atom stereocenters. The van der Waals surface area contributed by atoms with E-state index in [-0.39, 0.29) is 11.6 Å². The number of hydrogen-bond donors (Lipinski definition) is 0. The van der Waals surface area contributed by atoms with Crippen LogP contribution >= 0.6 is 0 Å². The molecule has 24 heavy (non-hydrogen) atoms. The van der Waals surface area contributed by atoms with Crippen LogP contribution in [-0.4, -0.2) is 30.7 Å². The topological polar surface area (TPSA) is 69.8 Å². The molecule has 0 fully saturated rings. The van der Waals surface area contributed by atoms with Crippen molar-refractivity contribution in [2.45, 2.75) is 0 Å². The van der Waals surface area contributed by atoms with Crippen molar-refractivity contribution < 1.29 is 9.59 Å². The number of imidazole rings is 2. The largest absolute Gasteiger partial charge is 0.324 e. The maximum atomic E-state index is 12.7. The van der Waals surface area contributed by atoms with Crippen LogP contribution in [0.4, 0.5) is 0 Å². The van der Waals surface area contributed by atoms with E-state index in [4.69, 9.17) is 0 Å². The van der Waals surface area contributed by atoms with Gasteiger partial charge in [-0.2, -0.15) is 0 Å². The third-order valence-corrected chi connectivity index (χ3v) is 4.19. The second kappa shape index (κ2) is 5.13. The van der Waals surface area contributed by atoms with Crippen LogP contribution in [0.2, 0.25) is 0 Å². The van der Waals surface area contributed by atoms with E-state index in [0.29, 0.717) is 11.0 Å². The Hall–Kier alpha value is -3.28. The molecule has 2 aromatic carbocycles. The van der Waals surface area contributed by atoms with Crippen molar-refractivity contribution in [1.29, 1.82) is 0 Å². The normalized spacial score (nSPS) is 11.2. The Morgan fingerprint density at radius 2 is 1.08 bits per heavy atom. The molecule has 0 unspecified atom stereocenters. The molecule has 2 heterocycles. The molecule has 4 rings (SSSR count). The van der Waals surface area contributed by atoms with E-state index >= 15 is 0 Å². The number of para-hydroxylation sites is 4. The van der Waals surface area contributed by atoms with Gasteiger partial charge in [0.25, 0.3) is 11.6 Å². The lowest BCUT2D eigenvalue weighted by molar-refractivity contribution is 0.0801. The summed E-state index contributed by atoms with van der Waals surface area (Å²) in [6, 6.07) is 14.8. The molecular formula is C18H14N4O2. The van der Waals surface area contributed by atoms with Crippen molar-refractivity contribution in [2.75, 3.05) is 0 Å². The molecule has 0 N–H and O–H groups in total. The highest BCUT2D eigenvalue weighted by atomic mass is 16.2. The van der Waals surface area contributed by atoms with Crippen molar-refractivity contribution >= 4 is 33.6 Å². The van der Waals surface area contributed by atoms with Gasteiger partial charge in [-0.25, -0.2) is 9.97 Å². The van der Waals surface area contributed by atoms with E-state index in [1.54, 1.807) is 23.2 Å². The number of hydrogen-bond acceptors (Lipinski definition) is 4. The summed E-state index contributed by atoms with van der Waals surface area (Å²) < 4.78 is 3.27. The highest BCUT2D eigenvalue weighted by molar-refractivity contribution is 6.48. The van der Waals surface area contributed by atoms with Crippen LogP contribution < -0.4 is 0 Å². The lowest BCUT2D eigenvalue weighted by Crippen LogP contribution is -2.21. The van der Waals surface area contributed by atoms with Gasteiger partial charge < -0.3 is 9.13 Å². The van der Waals surface area contributed by atoms with Gasteiger partial charge in [0.1, 0.15) is 0 Å². The SMILES string of the molecule is Cn1c(C(=O)C(=O)c2nc3ccccc3n2C)nc2ccccc21. The van der Waals surface area contributed by atoms with Crippen LogP contribution in [-0.2, 0) is 14.1 Å². The van der Waals surface area contributed by atoms with Crippen molar-refractivity contribution in [3.05, 3.63) is 60.2 Å². The van der Waals surface area contributed by atoms with Crippen LogP contribution in [0.25, 0.3) is 22.1 Å². The Bertz CT molecular complexity index is 1030. The van der Waals surface area contributed by atoms with Crippen molar-refractivity contribution in [3.8, 4) is 0 Å². The van der Waals surface area contributed by atoms with Crippen LogP contribution in [0.15, 0.2) is 48.5 Å². The third kappa shape index (κ3) is 1.96. The predicted molar refractivity (Wildman–Crippen MR) is 90.1 cm³/mol. The van der Waals surface area contributed by atoms with Gasteiger partial charge in [0.2, 0.25) is 0 Å². The van der Waals surface area contributed by atoms with Crippen LogP contribution in [0.3, 0.4) is 0 Å². The molecule has 6 nitrogen and oxygen atoms in total. The average Bonchev–Trinajstić information content (AvgIpc) is 3.12. The Labute approximate surface area is 137 Å². The molecule has 0 saturated heterocycles. The summed E-state index contributed by atoms with van der Waals surface area (Å²) in [7, 11) is 3.45. The fourth-order valence-corrected chi connectivity index (χ4v) is 2.90. The summed E-state index contributed by atoms with van der Waals surface area (Å²) in [6.45, 7) is 0. The number of Topliss-reactive ketones (excluding diaryl/α,β-unsaturated/α-hetero) is 2. The molecule has 0 saturated carbocycles. The van der Waals surface area contributed by atoms with Gasteiger partial charge in [-0.3, -0.25) is 9.59 Å². The average molecular weight is 318 g/mol. The summed E-state index contributed by atoms with van der Waals surface area (Å²) in [6.07, 6.45) is 0. The van der Waals surface area contributed by atoms with Crippen LogP contribution in [0.1, 0.15) is 21.2 Å². The van der Waals surface area contributed by atoms with Crippen molar-refractivity contribution in [2.24, 2.45) is 14.1 Å². The zero-order chi connectivity index (χ0) is 16.8.